The fraction of sp³-hybridized carbons (Fsp3) is 0.556. The number of rotatable bonds is 6. The number of hydrogen-bond donors (Lipinski definition) is 2. The standard InChI is InChI=1S/C18H27N3O4S/c1-4-19-17(22)10-20-18(23)15-5-7-16(8-6-15)26(24,25)21-11-13(2)9-14(3)12-21/h5-8,13-14H,4,9-12H2,1-3H3,(H,19,22)(H,20,23)/t13-,14-/m1/s1. The van der Waals surface area contributed by atoms with Crippen molar-refractivity contribution in [3.63, 3.8) is 0 Å². The molecule has 1 aliphatic rings. The summed E-state index contributed by atoms with van der Waals surface area (Å²) in [6, 6.07) is 5.83. The molecule has 0 spiro atoms. The van der Waals surface area contributed by atoms with Gasteiger partial charge < -0.3 is 10.6 Å². The molecular formula is C18H27N3O4S. The lowest BCUT2D eigenvalue weighted by Gasteiger charge is -2.34. The van der Waals surface area contributed by atoms with E-state index in [1.807, 2.05) is 0 Å². The van der Waals surface area contributed by atoms with Crippen molar-refractivity contribution < 1.29 is 18.0 Å². The second-order valence-corrected chi connectivity index (χ2v) is 8.87. The van der Waals surface area contributed by atoms with E-state index in [2.05, 4.69) is 24.5 Å². The predicted molar refractivity (Wildman–Crippen MR) is 99.2 cm³/mol. The Morgan fingerprint density at radius 1 is 1.08 bits per heavy atom. The highest BCUT2D eigenvalue weighted by Crippen LogP contribution is 2.26. The SMILES string of the molecule is CCNC(=O)CNC(=O)c1ccc(S(=O)(=O)N2C[C@H](C)C[C@@H](C)C2)cc1. The number of hydrogen-bond acceptors (Lipinski definition) is 4. The summed E-state index contributed by atoms with van der Waals surface area (Å²) in [6.07, 6.45) is 1.02. The van der Waals surface area contributed by atoms with Gasteiger partial charge in [0.1, 0.15) is 0 Å². The highest BCUT2D eigenvalue weighted by Gasteiger charge is 2.31. The Morgan fingerprint density at radius 3 is 2.19 bits per heavy atom. The number of piperidine rings is 1. The summed E-state index contributed by atoms with van der Waals surface area (Å²) in [5.74, 6) is -0.0329. The lowest BCUT2D eigenvalue weighted by atomic mass is 9.94. The lowest BCUT2D eigenvalue weighted by Crippen LogP contribution is -2.42. The largest absolute Gasteiger partial charge is 0.355 e. The molecule has 1 aromatic carbocycles. The van der Waals surface area contributed by atoms with Crippen LogP contribution in [0, 0.1) is 11.8 Å². The quantitative estimate of drug-likeness (QED) is 0.774. The van der Waals surface area contributed by atoms with E-state index in [1.54, 1.807) is 6.92 Å². The Kier molecular flexibility index (Phi) is 6.77. The Balaban J connectivity index is 2.06. The van der Waals surface area contributed by atoms with E-state index >= 15 is 0 Å². The molecule has 7 nitrogen and oxygen atoms in total. The molecule has 144 valence electrons. The second-order valence-electron chi connectivity index (χ2n) is 6.93. The van der Waals surface area contributed by atoms with E-state index in [9.17, 15) is 18.0 Å². The molecule has 2 amide bonds. The van der Waals surface area contributed by atoms with E-state index < -0.39 is 15.9 Å². The normalized spacial score (nSPS) is 21.2. The van der Waals surface area contributed by atoms with Crippen molar-refractivity contribution >= 4 is 21.8 Å². The average molecular weight is 381 g/mol. The molecule has 1 aliphatic heterocycles. The Morgan fingerprint density at radius 2 is 1.65 bits per heavy atom. The van der Waals surface area contributed by atoms with Crippen LogP contribution in [0.2, 0.25) is 0 Å². The third-order valence-electron chi connectivity index (χ3n) is 4.37. The maximum absolute atomic E-state index is 12.8. The molecule has 8 heteroatoms. The van der Waals surface area contributed by atoms with Crippen LogP contribution in [-0.4, -0.2) is 50.7 Å². The van der Waals surface area contributed by atoms with Crippen LogP contribution in [0.1, 0.15) is 37.6 Å². The van der Waals surface area contributed by atoms with Gasteiger partial charge in [0.2, 0.25) is 15.9 Å². The number of likely N-dealkylation sites (N-methyl/N-ethyl adjacent to an activating group) is 1. The number of benzene rings is 1. The second kappa shape index (κ2) is 8.64. The fourth-order valence-corrected chi connectivity index (χ4v) is 4.93. The Hall–Kier alpha value is -1.93. The van der Waals surface area contributed by atoms with Crippen LogP contribution >= 0.6 is 0 Å². The van der Waals surface area contributed by atoms with Gasteiger partial charge in [-0.1, -0.05) is 13.8 Å². The number of amides is 2. The number of carbonyl (C=O) groups is 2. The molecular weight excluding hydrogens is 354 g/mol. The minimum atomic E-state index is -3.57. The molecule has 26 heavy (non-hydrogen) atoms. The number of carbonyl (C=O) groups excluding carboxylic acids is 2. The van der Waals surface area contributed by atoms with Gasteiger partial charge in [0.15, 0.2) is 0 Å². The molecule has 1 fully saturated rings. The van der Waals surface area contributed by atoms with E-state index in [0.717, 1.165) is 6.42 Å². The zero-order valence-corrected chi connectivity index (χ0v) is 16.3. The van der Waals surface area contributed by atoms with Crippen molar-refractivity contribution in [2.24, 2.45) is 11.8 Å². The van der Waals surface area contributed by atoms with Crippen LogP contribution in [0.3, 0.4) is 0 Å². The minimum Gasteiger partial charge on any atom is -0.355 e. The molecule has 2 N–H and O–H groups in total. The van der Waals surface area contributed by atoms with Crippen molar-refractivity contribution in [3.8, 4) is 0 Å². The molecule has 1 saturated heterocycles. The summed E-state index contributed by atoms with van der Waals surface area (Å²) in [4.78, 5) is 23.6. The molecule has 2 rings (SSSR count). The van der Waals surface area contributed by atoms with E-state index in [-0.39, 0.29) is 17.3 Å². The molecule has 0 radical (unpaired) electrons. The smallest absolute Gasteiger partial charge is 0.251 e. The van der Waals surface area contributed by atoms with Crippen molar-refractivity contribution in [2.45, 2.75) is 32.1 Å². The predicted octanol–water partition coefficient (Wildman–Crippen LogP) is 1.22. The molecule has 1 aromatic rings. The van der Waals surface area contributed by atoms with Gasteiger partial charge in [-0.05, 0) is 49.4 Å². The molecule has 0 saturated carbocycles. The summed E-state index contributed by atoms with van der Waals surface area (Å²) in [7, 11) is -3.57. The first-order valence-electron chi connectivity index (χ1n) is 8.89. The molecule has 0 aromatic heterocycles. The summed E-state index contributed by atoms with van der Waals surface area (Å²) in [5.41, 5.74) is 0.314. The molecule has 0 aliphatic carbocycles. The van der Waals surface area contributed by atoms with Gasteiger partial charge in [-0.15, -0.1) is 0 Å². The average Bonchev–Trinajstić information content (AvgIpc) is 2.59. The number of nitrogens with one attached hydrogen (secondary N) is 2. The Bertz CT molecular complexity index is 736. The van der Waals surface area contributed by atoms with E-state index in [1.165, 1.54) is 28.6 Å². The molecule has 0 unspecified atom stereocenters. The van der Waals surface area contributed by atoms with Crippen LogP contribution in [0.4, 0.5) is 0 Å². The van der Waals surface area contributed by atoms with Crippen molar-refractivity contribution in [3.05, 3.63) is 29.8 Å². The Labute approximate surface area is 155 Å². The van der Waals surface area contributed by atoms with E-state index in [0.29, 0.717) is 37.0 Å². The summed E-state index contributed by atoms with van der Waals surface area (Å²) in [6.45, 7) is 7.32. The van der Waals surface area contributed by atoms with Crippen molar-refractivity contribution in [2.75, 3.05) is 26.2 Å². The van der Waals surface area contributed by atoms with Crippen molar-refractivity contribution in [1.82, 2.24) is 14.9 Å². The molecule has 0 bridgehead atoms. The van der Waals surface area contributed by atoms with Crippen LogP contribution < -0.4 is 10.6 Å². The molecule has 2 atom stereocenters. The van der Waals surface area contributed by atoms with Gasteiger partial charge in [-0.2, -0.15) is 4.31 Å². The first-order valence-corrected chi connectivity index (χ1v) is 10.3. The maximum atomic E-state index is 12.8. The van der Waals surface area contributed by atoms with Gasteiger partial charge in [-0.25, -0.2) is 8.42 Å². The fourth-order valence-electron chi connectivity index (χ4n) is 3.25. The zero-order valence-electron chi connectivity index (χ0n) is 15.5. The van der Waals surface area contributed by atoms with Crippen molar-refractivity contribution in [1.29, 1.82) is 0 Å². The van der Waals surface area contributed by atoms with Crippen LogP contribution in [0.15, 0.2) is 29.2 Å². The minimum absolute atomic E-state index is 0.115. The first kappa shape index (κ1) is 20.4. The van der Waals surface area contributed by atoms with Gasteiger partial charge in [-0.3, -0.25) is 9.59 Å². The number of nitrogens with zero attached hydrogens (tertiary/aromatic N) is 1. The van der Waals surface area contributed by atoms with Gasteiger partial charge >= 0.3 is 0 Å². The van der Waals surface area contributed by atoms with Crippen LogP contribution in [0.25, 0.3) is 0 Å². The van der Waals surface area contributed by atoms with E-state index in [4.69, 9.17) is 0 Å². The topological polar surface area (TPSA) is 95.6 Å². The maximum Gasteiger partial charge on any atom is 0.251 e. The summed E-state index contributed by atoms with van der Waals surface area (Å²) < 4.78 is 27.2. The third-order valence-corrected chi connectivity index (χ3v) is 6.22. The third kappa shape index (κ3) is 5.04. The summed E-state index contributed by atoms with van der Waals surface area (Å²) >= 11 is 0. The van der Waals surface area contributed by atoms with Gasteiger partial charge in [0.05, 0.1) is 11.4 Å². The van der Waals surface area contributed by atoms with Gasteiger partial charge in [0, 0.05) is 25.2 Å². The lowest BCUT2D eigenvalue weighted by molar-refractivity contribution is -0.120. The highest BCUT2D eigenvalue weighted by atomic mass is 32.2. The highest BCUT2D eigenvalue weighted by molar-refractivity contribution is 7.89. The van der Waals surface area contributed by atoms with Crippen LogP contribution in [0.5, 0.6) is 0 Å². The van der Waals surface area contributed by atoms with Crippen LogP contribution in [-0.2, 0) is 14.8 Å². The number of sulfonamides is 1. The summed E-state index contributed by atoms with van der Waals surface area (Å²) in [5, 5.41) is 5.09. The zero-order chi connectivity index (χ0) is 19.3. The first-order chi connectivity index (χ1) is 12.2. The monoisotopic (exact) mass is 381 g/mol. The molecule has 1 heterocycles. The van der Waals surface area contributed by atoms with Gasteiger partial charge in [0.25, 0.3) is 5.91 Å².